The highest BCUT2D eigenvalue weighted by Crippen LogP contribution is 2.43. The molecule has 0 N–H and O–H groups in total. The van der Waals surface area contributed by atoms with Crippen LogP contribution in [-0.4, -0.2) is 42.5 Å². The second-order valence-corrected chi connectivity index (χ2v) is 6.70. The second kappa shape index (κ2) is 5.38. The summed E-state index contributed by atoms with van der Waals surface area (Å²) in [5.41, 5.74) is 0. The number of nitrogens with zero attached hydrogens (tertiary/aromatic N) is 2. The topological polar surface area (TPSA) is 19.6 Å². The Hall–Kier alpha value is -1.06. The van der Waals surface area contributed by atoms with E-state index in [0.717, 1.165) is 30.1 Å². The van der Waals surface area contributed by atoms with Crippen molar-refractivity contribution in [3.8, 4) is 0 Å². The molecule has 1 saturated carbocycles. The van der Waals surface area contributed by atoms with Crippen LogP contribution in [0.15, 0.2) is 35.0 Å². The van der Waals surface area contributed by atoms with Crippen LogP contribution >= 0.6 is 0 Å². The third-order valence-corrected chi connectivity index (χ3v) is 5.33. The van der Waals surface area contributed by atoms with Crippen molar-refractivity contribution in [2.24, 2.45) is 17.8 Å². The fourth-order valence-corrected chi connectivity index (χ4v) is 4.19. The molecule has 2 bridgehead atoms. The largest absolute Gasteiger partial charge is 0.468 e. The van der Waals surface area contributed by atoms with E-state index in [0.29, 0.717) is 0 Å². The van der Waals surface area contributed by atoms with E-state index in [1.54, 1.807) is 6.26 Å². The van der Waals surface area contributed by atoms with Crippen LogP contribution in [0.5, 0.6) is 0 Å². The first-order valence-corrected chi connectivity index (χ1v) is 8.02. The molecule has 1 aliphatic heterocycles. The van der Waals surface area contributed by atoms with Gasteiger partial charge in [0.05, 0.1) is 12.8 Å². The summed E-state index contributed by atoms with van der Waals surface area (Å²) in [4.78, 5) is 5.19. The number of piperazine rings is 1. The molecule has 3 nitrogen and oxygen atoms in total. The van der Waals surface area contributed by atoms with E-state index < -0.39 is 0 Å². The summed E-state index contributed by atoms with van der Waals surface area (Å²) in [6.45, 7) is 7.09. The van der Waals surface area contributed by atoms with Gasteiger partial charge in [-0.15, -0.1) is 0 Å². The van der Waals surface area contributed by atoms with Crippen LogP contribution in [0.3, 0.4) is 0 Å². The number of rotatable bonds is 4. The molecule has 0 spiro atoms. The lowest BCUT2D eigenvalue weighted by molar-refractivity contribution is 0.103. The lowest BCUT2D eigenvalue weighted by atomic mass is 9.93. The fourth-order valence-electron chi connectivity index (χ4n) is 4.19. The second-order valence-electron chi connectivity index (χ2n) is 6.70. The Balaban J connectivity index is 1.24. The summed E-state index contributed by atoms with van der Waals surface area (Å²) in [6.07, 6.45) is 9.57. The van der Waals surface area contributed by atoms with E-state index in [-0.39, 0.29) is 0 Å². The maximum absolute atomic E-state index is 5.44. The lowest BCUT2D eigenvalue weighted by Gasteiger charge is -2.36. The van der Waals surface area contributed by atoms with Gasteiger partial charge in [0.2, 0.25) is 0 Å². The zero-order valence-electron chi connectivity index (χ0n) is 12.1. The van der Waals surface area contributed by atoms with Crippen LogP contribution in [-0.2, 0) is 6.54 Å². The van der Waals surface area contributed by atoms with Gasteiger partial charge in [0.25, 0.3) is 0 Å². The van der Waals surface area contributed by atoms with Gasteiger partial charge in [0.1, 0.15) is 5.76 Å². The first kappa shape index (κ1) is 12.7. The van der Waals surface area contributed by atoms with Gasteiger partial charge in [0, 0.05) is 32.7 Å². The Morgan fingerprint density at radius 3 is 2.55 bits per heavy atom. The van der Waals surface area contributed by atoms with Gasteiger partial charge in [-0.25, -0.2) is 0 Å². The van der Waals surface area contributed by atoms with Crippen molar-refractivity contribution in [3.05, 3.63) is 36.3 Å². The highest BCUT2D eigenvalue weighted by Gasteiger charge is 2.36. The molecule has 2 heterocycles. The smallest absolute Gasteiger partial charge is 0.117 e. The maximum atomic E-state index is 5.44. The van der Waals surface area contributed by atoms with Crippen LogP contribution in [0.25, 0.3) is 0 Å². The quantitative estimate of drug-likeness (QED) is 0.786. The minimum absolute atomic E-state index is 0.890. The molecule has 1 aromatic rings. The van der Waals surface area contributed by atoms with Crippen LogP contribution in [0.4, 0.5) is 0 Å². The van der Waals surface area contributed by atoms with Crippen molar-refractivity contribution in [1.29, 1.82) is 0 Å². The molecule has 4 rings (SSSR count). The summed E-state index contributed by atoms with van der Waals surface area (Å²) in [5, 5.41) is 0. The maximum Gasteiger partial charge on any atom is 0.117 e. The summed E-state index contributed by atoms with van der Waals surface area (Å²) >= 11 is 0. The molecule has 0 aromatic carbocycles. The Kier molecular flexibility index (Phi) is 3.41. The molecule has 0 radical (unpaired) electrons. The third kappa shape index (κ3) is 2.57. The molecule has 3 aliphatic rings. The zero-order chi connectivity index (χ0) is 13.4. The van der Waals surface area contributed by atoms with Gasteiger partial charge in [-0.2, -0.15) is 0 Å². The number of furan rings is 1. The number of allylic oxidation sites excluding steroid dienone is 2. The number of hydrogen-bond donors (Lipinski definition) is 0. The lowest BCUT2D eigenvalue weighted by Crippen LogP contribution is -2.47. The van der Waals surface area contributed by atoms with Gasteiger partial charge in [0.15, 0.2) is 0 Å². The molecule has 3 heteroatoms. The van der Waals surface area contributed by atoms with Crippen molar-refractivity contribution in [2.45, 2.75) is 19.4 Å². The third-order valence-electron chi connectivity index (χ3n) is 5.33. The van der Waals surface area contributed by atoms with Gasteiger partial charge in [-0.3, -0.25) is 4.90 Å². The highest BCUT2D eigenvalue weighted by molar-refractivity contribution is 5.10. The predicted octanol–water partition coefficient (Wildman–Crippen LogP) is 2.61. The SMILES string of the molecule is C1=C[C@H]2C[C@@H]1C[C@H]2CN1CCN(Cc2ccco2)CC1. The van der Waals surface area contributed by atoms with E-state index in [9.17, 15) is 0 Å². The molecule has 3 atom stereocenters. The van der Waals surface area contributed by atoms with Gasteiger partial charge in [-0.1, -0.05) is 12.2 Å². The van der Waals surface area contributed by atoms with Crippen LogP contribution in [0.2, 0.25) is 0 Å². The average Bonchev–Trinajstić information content (AvgIpc) is 3.18. The van der Waals surface area contributed by atoms with Crippen LogP contribution < -0.4 is 0 Å². The van der Waals surface area contributed by atoms with Crippen LogP contribution in [0, 0.1) is 17.8 Å². The highest BCUT2D eigenvalue weighted by atomic mass is 16.3. The monoisotopic (exact) mass is 272 g/mol. The molecule has 0 amide bonds. The molecule has 108 valence electrons. The van der Waals surface area contributed by atoms with Gasteiger partial charge >= 0.3 is 0 Å². The van der Waals surface area contributed by atoms with Crippen molar-refractivity contribution in [1.82, 2.24) is 9.80 Å². The number of hydrogen-bond acceptors (Lipinski definition) is 3. The molecule has 1 saturated heterocycles. The van der Waals surface area contributed by atoms with Crippen LogP contribution in [0.1, 0.15) is 18.6 Å². The van der Waals surface area contributed by atoms with E-state index in [1.165, 1.54) is 45.6 Å². The predicted molar refractivity (Wildman–Crippen MR) is 79.3 cm³/mol. The standard InChI is InChI=1S/C17H24N2O/c1-2-17(20-9-1)13-19-7-5-18(6-8-19)12-16-11-14-3-4-15(16)10-14/h1-4,9,14-16H,5-8,10-13H2/t14-,15+,16+/m1/s1. The average molecular weight is 272 g/mol. The fraction of sp³-hybridized carbons (Fsp3) is 0.647. The molecular weight excluding hydrogens is 248 g/mol. The van der Waals surface area contributed by atoms with E-state index in [2.05, 4.69) is 28.0 Å². The Morgan fingerprint density at radius 1 is 1.05 bits per heavy atom. The molecule has 2 fully saturated rings. The van der Waals surface area contributed by atoms with Gasteiger partial charge in [-0.05, 0) is 42.7 Å². The summed E-state index contributed by atoms with van der Waals surface area (Å²) < 4.78 is 5.44. The molecule has 1 aromatic heterocycles. The summed E-state index contributed by atoms with van der Waals surface area (Å²) in [5.74, 6) is 3.82. The van der Waals surface area contributed by atoms with Crippen molar-refractivity contribution < 1.29 is 4.42 Å². The normalized spacial score (nSPS) is 34.1. The molecule has 20 heavy (non-hydrogen) atoms. The minimum atomic E-state index is 0.890. The van der Waals surface area contributed by atoms with Crippen molar-refractivity contribution in [2.75, 3.05) is 32.7 Å². The molecule has 0 unspecified atom stereocenters. The summed E-state index contributed by atoms with van der Waals surface area (Å²) in [6, 6.07) is 4.06. The zero-order valence-corrected chi connectivity index (χ0v) is 12.1. The summed E-state index contributed by atoms with van der Waals surface area (Å²) in [7, 11) is 0. The number of fused-ring (bicyclic) bond motifs is 2. The van der Waals surface area contributed by atoms with E-state index >= 15 is 0 Å². The molecule has 2 aliphatic carbocycles. The van der Waals surface area contributed by atoms with Crippen molar-refractivity contribution in [3.63, 3.8) is 0 Å². The minimum Gasteiger partial charge on any atom is -0.468 e. The Labute approximate surface area is 121 Å². The van der Waals surface area contributed by atoms with E-state index in [1.807, 2.05) is 6.07 Å². The Morgan fingerprint density at radius 2 is 1.90 bits per heavy atom. The Bertz CT molecular complexity index is 459. The van der Waals surface area contributed by atoms with Gasteiger partial charge < -0.3 is 9.32 Å². The first-order valence-electron chi connectivity index (χ1n) is 8.02. The molecular formula is C17H24N2O. The first-order chi connectivity index (χ1) is 9.87. The van der Waals surface area contributed by atoms with E-state index in [4.69, 9.17) is 4.42 Å². The van der Waals surface area contributed by atoms with Crippen molar-refractivity contribution >= 4 is 0 Å².